The van der Waals surface area contributed by atoms with Crippen molar-refractivity contribution in [3.63, 3.8) is 0 Å². The maximum absolute atomic E-state index is 5.94. The van der Waals surface area contributed by atoms with E-state index in [1.54, 1.807) is 0 Å². The molecule has 0 saturated carbocycles. The standard InChI is InChI=1S/C10H22N2/c1-9(2,3)7(11)8(12)10(4,5)6/h11-12H2,1-6H3/b8-7-. The highest BCUT2D eigenvalue weighted by molar-refractivity contribution is 5.18. The van der Waals surface area contributed by atoms with Gasteiger partial charge in [0.1, 0.15) is 0 Å². The molecule has 12 heavy (non-hydrogen) atoms. The number of hydrogen-bond donors (Lipinski definition) is 2. The molecule has 0 aromatic carbocycles. The van der Waals surface area contributed by atoms with Crippen LogP contribution < -0.4 is 11.5 Å². The summed E-state index contributed by atoms with van der Waals surface area (Å²) in [5.74, 6) is 0. The van der Waals surface area contributed by atoms with Gasteiger partial charge in [-0.3, -0.25) is 0 Å². The van der Waals surface area contributed by atoms with Gasteiger partial charge in [0.25, 0.3) is 0 Å². The Hall–Kier alpha value is -0.660. The van der Waals surface area contributed by atoms with E-state index in [0.29, 0.717) is 0 Å². The Balaban J connectivity index is 4.96. The molecule has 0 aromatic heterocycles. The van der Waals surface area contributed by atoms with Crippen molar-refractivity contribution in [2.75, 3.05) is 0 Å². The highest BCUT2D eigenvalue weighted by Gasteiger charge is 2.23. The lowest BCUT2D eigenvalue weighted by Crippen LogP contribution is -2.29. The fourth-order valence-electron chi connectivity index (χ4n) is 0.808. The average molecular weight is 170 g/mol. The molecule has 0 aliphatic rings. The van der Waals surface area contributed by atoms with Crippen LogP contribution in [0.3, 0.4) is 0 Å². The Morgan fingerprint density at radius 3 is 0.917 bits per heavy atom. The molecule has 0 saturated heterocycles. The molecule has 72 valence electrons. The fraction of sp³-hybridized carbons (Fsp3) is 0.800. The minimum atomic E-state index is -0.0304. The zero-order chi connectivity index (χ0) is 10.2. The monoisotopic (exact) mass is 170 g/mol. The summed E-state index contributed by atoms with van der Waals surface area (Å²) in [6.07, 6.45) is 0. The number of rotatable bonds is 0. The molecule has 0 rings (SSSR count). The lowest BCUT2D eigenvalue weighted by Gasteiger charge is -2.28. The maximum atomic E-state index is 5.94. The minimum Gasteiger partial charge on any atom is -0.400 e. The quantitative estimate of drug-likeness (QED) is 0.585. The van der Waals surface area contributed by atoms with E-state index in [-0.39, 0.29) is 10.8 Å². The Morgan fingerprint density at radius 1 is 0.667 bits per heavy atom. The first-order valence-electron chi connectivity index (χ1n) is 4.33. The molecule has 2 nitrogen and oxygen atoms in total. The first kappa shape index (κ1) is 11.3. The molecule has 2 heteroatoms. The zero-order valence-corrected chi connectivity index (χ0v) is 9.15. The van der Waals surface area contributed by atoms with Crippen LogP contribution in [-0.2, 0) is 0 Å². The molecule has 0 amide bonds. The number of allylic oxidation sites excluding steroid dienone is 2. The third kappa shape index (κ3) is 2.76. The fourth-order valence-corrected chi connectivity index (χ4v) is 0.808. The molecule has 0 heterocycles. The summed E-state index contributed by atoms with van der Waals surface area (Å²) < 4.78 is 0. The van der Waals surface area contributed by atoms with E-state index < -0.39 is 0 Å². The van der Waals surface area contributed by atoms with Gasteiger partial charge in [0.2, 0.25) is 0 Å². The second-order valence-corrected chi connectivity index (χ2v) is 5.33. The van der Waals surface area contributed by atoms with Crippen LogP contribution >= 0.6 is 0 Å². The van der Waals surface area contributed by atoms with Crippen LogP contribution in [0.15, 0.2) is 11.4 Å². The molecule has 0 aromatic rings. The topological polar surface area (TPSA) is 52.0 Å². The van der Waals surface area contributed by atoms with Gasteiger partial charge < -0.3 is 11.5 Å². The van der Waals surface area contributed by atoms with E-state index in [2.05, 4.69) is 41.5 Å². The maximum Gasteiger partial charge on any atom is 0.0331 e. The lowest BCUT2D eigenvalue weighted by atomic mass is 9.83. The molecular formula is C10H22N2. The number of nitrogens with two attached hydrogens (primary N) is 2. The van der Waals surface area contributed by atoms with Gasteiger partial charge in [-0.2, -0.15) is 0 Å². The predicted octanol–water partition coefficient (Wildman–Crippen LogP) is 2.21. The molecule has 0 unspecified atom stereocenters. The lowest BCUT2D eigenvalue weighted by molar-refractivity contribution is 0.436. The van der Waals surface area contributed by atoms with Crippen molar-refractivity contribution in [2.45, 2.75) is 41.5 Å². The van der Waals surface area contributed by atoms with Gasteiger partial charge in [0.05, 0.1) is 0 Å². The summed E-state index contributed by atoms with van der Waals surface area (Å²) in [5.41, 5.74) is 13.4. The van der Waals surface area contributed by atoms with Gasteiger partial charge >= 0.3 is 0 Å². The summed E-state index contributed by atoms with van der Waals surface area (Å²) in [6.45, 7) is 12.4. The second kappa shape index (κ2) is 3.00. The van der Waals surface area contributed by atoms with Gasteiger partial charge in [-0.15, -0.1) is 0 Å². The first-order chi connectivity index (χ1) is 5.07. The molecular weight excluding hydrogens is 148 g/mol. The van der Waals surface area contributed by atoms with Crippen LogP contribution in [0.25, 0.3) is 0 Å². The van der Waals surface area contributed by atoms with E-state index in [9.17, 15) is 0 Å². The van der Waals surface area contributed by atoms with Crippen molar-refractivity contribution >= 4 is 0 Å². The van der Waals surface area contributed by atoms with Crippen molar-refractivity contribution in [1.29, 1.82) is 0 Å². The first-order valence-corrected chi connectivity index (χ1v) is 4.33. The highest BCUT2D eigenvalue weighted by Crippen LogP contribution is 2.30. The van der Waals surface area contributed by atoms with E-state index in [1.165, 1.54) is 0 Å². The number of hydrogen-bond acceptors (Lipinski definition) is 2. The molecule has 0 aliphatic carbocycles. The van der Waals surface area contributed by atoms with Crippen LogP contribution in [-0.4, -0.2) is 0 Å². The summed E-state index contributed by atoms with van der Waals surface area (Å²) in [4.78, 5) is 0. The Bertz CT molecular complexity index is 167. The van der Waals surface area contributed by atoms with E-state index >= 15 is 0 Å². The highest BCUT2D eigenvalue weighted by atomic mass is 14.7. The van der Waals surface area contributed by atoms with Crippen LogP contribution in [0.1, 0.15) is 41.5 Å². The van der Waals surface area contributed by atoms with Crippen molar-refractivity contribution in [3.8, 4) is 0 Å². The Labute approximate surface area is 76.0 Å². The van der Waals surface area contributed by atoms with E-state index in [1.807, 2.05) is 0 Å². The summed E-state index contributed by atoms with van der Waals surface area (Å²) in [6, 6.07) is 0. The van der Waals surface area contributed by atoms with E-state index in [4.69, 9.17) is 11.5 Å². The second-order valence-electron chi connectivity index (χ2n) is 5.33. The van der Waals surface area contributed by atoms with Crippen LogP contribution in [0.5, 0.6) is 0 Å². The Morgan fingerprint density at radius 2 is 0.833 bits per heavy atom. The molecule has 0 radical (unpaired) electrons. The third-order valence-corrected chi connectivity index (χ3v) is 1.91. The Kier molecular flexibility index (Phi) is 2.83. The SMILES string of the molecule is CC(C)(C)/C(N)=C(/N)C(C)(C)C. The van der Waals surface area contributed by atoms with Crippen LogP contribution in [0.4, 0.5) is 0 Å². The molecule has 0 aliphatic heterocycles. The van der Waals surface area contributed by atoms with Crippen molar-refractivity contribution in [3.05, 3.63) is 11.4 Å². The largest absolute Gasteiger partial charge is 0.400 e. The zero-order valence-electron chi connectivity index (χ0n) is 9.15. The van der Waals surface area contributed by atoms with Gasteiger partial charge in [-0.1, -0.05) is 41.5 Å². The molecule has 0 bridgehead atoms. The van der Waals surface area contributed by atoms with Crippen LogP contribution in [0.2, 0.25) is 0 Å². The van der Waals surface area contributed by atoms with E-state index in [0.717, 1.165) is 11.4 Å². The molecule has 4 N–H and O–H groups in total. The van der Waals surface area contributed by atoms with Gasteiger partial charge in [-0.25, -0.2) is 0 Å². The van der Waals surface area contributed by atoms with Crippen molar-refractivity contribution < 1.29 is 0 Å². The normalized spacial score (nSPS) is 15.8. The summed E-state index contributed by atoms with van der Waals surface area (Å²) >= 11 is 0. The molecule has 0 spiro atoms. The van der Waals surface area contributed by atoms with Gasteiger partial charge in [0, 0.05) is 22.2 Å². The van der Waals surface area contributed by atoms with Crippen molar-refractivity contribution in [1.82, 2.24) is 0 Å². The summed E-state index contributed by atoms with van der Waals surface area (Å²) in [5, 5.41) is 0. The van der Waals surface area contributed by atoms with Crippen LogP contribution in [0, 0.1) is 10.8 Å². The third-order valence-electron chi connectivity index (χ3n) is 1.91. The predicted molar refractivity (Wildman–Crippen MR) is 54.3 cm³/mol. The summed E-state index contributed by atoms with van der Waals surface area (Å²) in [7, 11) is 0. The average Bonchev–Trinajstić information content (AvgIpc) is 1.80. The van der Waals surface area contributed by atoms with Crippen molar-refractivity contribution in [2.24, 2.45) is 22.3 Å². The smallest absolute Gasteiger partial charge is 0.0331 e. The van der Waals surface area contributed by atoms with Gasteiger partial charge in [-0.05, 0) is 0 Å². The minimum absolute atomic E-state index is 0.0304. The molecule has 0 fully saturated rings. The molecule has 0 atom stereocenters. The van der Waals surface area contributed by atoms with Gasteiger partial charge in [0.15, 0.2) is 0 Å².